The molecule has 22 heavy (non-hydrogen) atoms. The molecule has 1 aliphatic heterocycles. The Hall–Kier alpha value is -0.720. The van der Waals surface area contributed by atoms with Crippen LogP contribution in [-0.2, 0) is 0 Å². The molecule has 1 aromatic heterocycles. The Bertz CT molecular complexity index is 482. The topological polar surface area (TPSA) is 30.9 Å². The SMILES string of the molecule is CN=C(NCC(c1cccs1)N(C)C)N1CCSC(C)(C)C1. The molecule has 0 spiro atoms. The smallest absolute Gasteiger partial charge is 0.193 e. The number of nitrogens with zero attached hydrogens (tertiary/aromatic N) is 3. The van der Waals surface area contributed by atoms with Gasteiger partial charge in [-0.15, -0.1) is 11.3 Å². The average molecular weight is 341 g/mol. The van der Waals surface area contributed by atoms with Crippen LogP contribution in [0.2, 0.25) is 0 Å². The first-order chi connectivity index (χ1) is 10.4. The van der Waals surface area contributed by atoms with Gasteiger partial charge in [0.05, 0.1) is 6.04 Å². The molecule has 1 unspecified atom stereocenters. The van der Waals surface area contributed by atoms with Crippen LogP contribution >= 0.6 is 23.1 Å². The second-order valence-electron chi connectivity index (χ2n) is 6.45. The van der Waals surface area contributed by atoms with Gasteiger partial charge in [0.1, 0.15) is 0 Å². The van der Waals surface area contributed by atoms with Gasteiger partial charge in [0, 0.05) is 42.1 Å². The number of nitrogens with one attached hydrogen (secondary N) is 1. The Morgan fingerprint density at radius 2 is 2.27 bits per heavy atom. The van der Waals surface area contributed by atoms with Crippen molar-refractivity contribution in [2.45, 2.75) is 24.6 Å². The number of guanidine groups is 1. The van der Waals surface area contributed by atoms with Gasteiger partial charge in [-0.25, -0.2) is 0 Å². The molecular weight excluding hydrogens is 312 g/mol. The molecule has 0 saturated carbocycles. The summed E-state index contributed by atoms with van der Waals surface area (Å²) in [7, 11) is 6.15. The quantitative estimate of drug-likeness (QED) is 0.674. The predicted octanol–water partition coefficient (Wildman–Crippen LogP) is 2.75. The third-order valence-electron chi connectivity index (χ3n) is 3.89. The second kappa shape index (κ2) is 7.70. The molecule has 0 amide bonds. The molecule has 1 aromatic rings. The van der Waals surface area contributed by atoms with Gasteiger partial charge >= 0.3 is 0 Å². The number of aliphatic imine (C=N–C) groups is 1. The van der Waals surface area contributed by atoms with Crippen LogP contribution in [0.4, 0.5) is 0 Å². The van der Waals surface area contributed by atoms with Crippen molar-refractivity contribution >= 4 is 29.1 Å². The van der Waals surface area contributed by atoms with Crippen LogP contribution in [0, 0.1) is 0 Å². The molecule has 0 radical (unpaired) electrons. The van der Waals surface area contributed by atoms with E-state index in [2.05, 4.69) is 65.6 Å². The molecule has 1 aliphatic rings. The zero-order valence-corrected chi connectivity index (χ0v) is 15.9. The van der Waals surface area contributed by atoms with Crippen molar-refractivity contribution in [3.8, 4) is 0 Å². The number of hydrogen-bond acceptors (Lipinski definition) is 4. The summed E-state index contributed by atoms with van der Waals surface area (Å²) < 4.78 is 0.296. The van der Waals surface area contributed by atoms with Crippen molar-refractivity contribution < 1.29 is 0 Å². The molecule has 4 nitrogen and oxygen atoms in total. The van der Waals surface area contributed by atoms with Crippen molar-refractivity contribution in [2.24, 2.45) is 4.99 Å². The Balaban J connectivity index is 1.98. The maximum atomic E-state index is 4.50. The van der Waals surface area contributed by atoms with Crippen LogP contribution in [0.3, 0.4) is 0 Å². The number of rotatable bonds is 4. The third kappa shape index (κ3) is 4.64. The van der Waals surface area contributed by atoms with Gasteiger partial charge in [0.25, 0.3) is 0 Å². The summed E-state index contributed by atoms with van der Waals surface area (Å²) in [5.74, 6) is 2.19. The van der Waals surface area contributed by atoms with E-state index >= 15 is 0 Å². The largest absolute Gasteiger partial charge is 0.354 e. The summed E-state index contributed by atoms with van der Waals surface area (Å²) in [6.45, 7) is 7.61. The highest BCUT2D eigenvalue weighted by Gasteiger charge is 2.29. The lowest BCUT2D eigenvalue weighted by Gasteiger charge is -2.39. The number of likely N-dealkylation sites (N-methyl/N-ethyl adjacent to an activating group) is 1. The predicted molar refractivity (Wildman–Crippen MR) is 100 cm³/mol. The van der Waals surface area contributed by atoms with E-state index < -0.39 is 0 Å². The second-order valence-corrected chi connectivity index (χ2v) is 9.23. The number of thiophene rings is 1. The Morgan fingerprint density at radius 1 is 1.50 bits per heavy atom. The van der Waals surface area contributed by atoms with Crippen molar-refractivity contribution in [1.82, 2.24) is 15.1 Å². The lowest BCUT2D eigenvalue weighted by Crippen LogP contribution is -2.51. The summed E-state index contributed by atoms with van der Waals surface area (Å²) in [5.41, 5.74) is 0. The standard InChI is InChI=1S/C16H28N4S2/c1-16(2)12-20(8-10-22-16)15(17-3)18-11-13(19(4)5)14-7-6-9-21-14/h6-7,9,13H,8,10-12H2,1-5H3,(H,17,18). The first-order valence-corrected chi connectivity index (χ1v) is 9.59. The van der Waals surface area contributed by atoms with Crippen molar-refractivity contribution in [3.05, 3.63) is 22.4 Å². The fourth-order valence-corrected chi connectivity index (χ4v) is 4.77. The zero-order valence-electron chi connectivity index (χ0n) is 14.3. The Morgan fingerprint density at radius 3 is 2.82 bits per heavy atom. The molecule has 2 heterocycles. The van der Waals surface area contributed by atoms with E-state index in [4.69, 9.17) is 0 Å². The normalized spacial score (nSPS) is 20.3. The monoisotopic (exact) mass is 340 g/mol. The van der Waals surface area contributed by atoms with Crippen LogP contribution in [0.25, 0.3) is 0 Å². The first-order valence-electron chi connectivity index (χ1n) is 7.72. The van der Waals surface area contributed by atoms with Crippen molar-refractivity contribution in [2.75, 3.05) is 46.5 Å². The van der Waals surface area contributed by atoms with Crippen LogP contribution in [-0.4, -0.2) is 67.0 Å². The average Bonchev–Trinajstić information content (AvgIpc) is 2.96. The number of thioether (sulfide) groups is 1. The van der Waals surface area contributed by atoms with Crippen LogP contribution in [0.15, 0.2) is 22.5 Å². The molecule has 1 N–H and O–H groups in total. The van der Waals surface area contributed by atoms with E-state index in [9.17, 15) is 0 Å². The minimum Gasteiger partial charge on any atom is -0.354 e. The molecule has 6 heteroatoms. The molecule has 0 bridgehead atoms. The van der Waals surface area contributed by atoms with E-state index in [1.165, 1.54) is 4.88 Å². The Kier molecular flexibility index (Phi) is 6.17. The van der Waals surface area contributed by atoms with E-state index in [1.54, 1.807) is 0 Å². The molecule has 1 atom stereocenters. The molecule has 2 rings (SSSR count). The molecule has 1 fully saturated rings. The fraction of sp³-hybridized carbons (Fsp3) is 0.688. The molecule has 124 valence electrons. The minimum absolute atomic E-state index is 0.296. The summed E-state index contributed by atoms with van der Waals surface area (Å²) >= 11 is 3.86. The third-order valence-corrected chi connectivity index (χ3v) is 6.16. The number of hydrogen-bond donors (Lipinski definition) is 1. The lowest BCUT2D eigenvalue weighted by molar-refractivity contribution is 0.296. The van der Waals surface area contributed by atoms with Crippen LogP contribution in [0.5, 0.6) is 0 Å². The van der Waals surface area contributed by atoms with E-state index in [1.807, 2.05) is 30.1 Å². The summed E-state index contributed by atoms with van der Waals surface area (Å²) in [6.07, 6.45) is 0. The maximum Gasteiger partial charge on any atom is 0.193 e. The van der Waals surface area contributed by atoms with E-state index in [-0.39, 0.29) is 0 Å². The highest BCUT2D eigenvalue weighted by atomic mass is 32.2. The van der Waals surface area contributed by atoms with Crippen molar-refractivity contribution in [3.63, 3.8) is 0 Å². The van der Waals surface area contributed by atoms with Gasteiger partial charge in [-0.3, -0.25) is 4.99 Å². The van der Waals surface area contributed by atoms with Gasteiger partial charge < -0.3 is 15.1 Å². The highest BCUT2D eigenvalue weighted by Crippen LogP contribution is 2.29. The summed E-state index contributed by atoms with van der Waals surface area (Å²) in [5, 5.41) is 5.72. The fourth-order valence-electron chi connectivity index (χ4n) is 2.74. The summed E-state index contributed by atoms with van der Waals surface area (Å²) in [6, 6.07) is 4.71. The van der Waals surface area contributed by atoms with Crippen molar-refractivity contribution in [1.29, 1.82) is 0 Å². The molecule has 0 aromatic carbocycles. The van der Waals surface area contributed by atoms with E-state index in [0.29, 0.717) is 10.8 Å². The van der Waals surface area contributed by atoms with Gasteiger partial charge in [0.15, 0.2) is 5.96 Å². The van der Waals surface area contributed by atoms with Crippen LogP contribution < -0.4 is 5.32 Å². The summed E-state index contributed by atoms with van der Waals surface area (Å²) in [4.78, 5) is 10.5. The van der Waals surface area contributed by atoms with E-state index in [0.717, 1.165) is 31.3 Å². The van der Waals surface area contributed by atoms with Gasteiger partial charge in [-0.05, 0) is 39.4 Å². The van der Waals surface area contributed by atoms with Gasteiger partial charge in [-0.1, -0.05) is 6.07 Å². The van der Waals surface area contributed by atoms with Crippen LogP contribution in [0.1, 0.15) is 24.8 Å². The molecule has 0 aliphatic carbocycles. The lowest BCUT2D eigenvalue weighted by atomic mass is 10.2. The Labute approximate surface area is 143 Å². The molecular formula is C16H28N4S2. The van der Waals surface area contributed by atoms with Gasteiger partial charge in [0.2, 0.25) is 0 Å². The minimum atomic E-state index is 0.296. The maximum absolute atomic E-state index is 4.50. The van der Waals surface area contributed by atoms with Gasteiger partial charge in [-0.2, -0.15) is 11.8 Å². The first kappa shape index (κ1) is 17.6. The highest BCUT2D eigenvalue weighted by molar-refractivity contribution is 8.00. The molecule has 1 saturated heterocycles. The zero-order chi connectivity index (χ0) is 16.2.